The van der Waals surface area contributed by atoms with E-state index in [0.717, 1.165) is 38.5 Å². The number of nitro groups is 1. The van der Waals surface area contributed by atoms with E-state index in [1.165, 1.54) is 38.5 Å². The molecule has 0 N–H and O–H groups in total. The van der Waals surface area contributed by atoms with Crippen LogP contribution in [0.4, 0.5) is 5.95 Å². The SMILES string of the molecule is O=c1nc([N+](=O)[O-])n(C23CC4CC(CC(C4)C2)C3)n1C12CC3CC(CC(C3)C1)C2. The van der Waals surface area contributed by atoms with Gasteiger partial charge in [0, 0.05) is 0 Å². The third-order valence-electron chi connectivity index (χ3n) is 9.84. The van der Waals surface area contributed by atoms with Gasteiger partial charge in [-0.2, -0.15) is 4.68 Å². The lowest BCUT2D eigenvalue weighted by atomic mass is 9.52. The van der Waals surface area contributed by atoms with E-state index in [0.29, 0.717) is 35.5 Å². The Labute approximate surface area is 170 Å². The van der Waals surface area contributed by atoms with Crippen molar-refractivity contribution in [3.05, 3.63) is 20.6 Å². The summed E-state index contributed by atoms with van der Waals surface area (Å²) in [5.74, 6) is 3.90. The maximum atomic E-state index is 13.3. The molecular weight excluding hydrogens is 368 g/mol. The van der Waals surface area contributed by atoms with Gasteiger partial charge in [-0.1, -0.05) is 0 Å². The summed E-state index contributed by atoms with van der Waals surface area (Å²) in [6.07, 6.45) is 13.8. The molecule has 1 aromatic rings. The molecule has 0 aromatic carbocycles. The Balaban J connectivity index is 1.44. The highest BCUT2D eigenvalue weighted by atomic mass is 16.6. The first-order chi connectivity index (χ1) is 13.9. The number of nitrogens with zero attached hydrogens (tertiary/aromatic N) is 4. The molecule has 8 fully saturated rings. The van der Waals surface area contributed by atoms with E-state index in [1.807, 2.05) is 9.36 Å². The fourth-order valence-corrected chi connectivity index (χ4v) is 9.96. The van der Waals surface area contributed by atoms with Crippen molar-refractivity contribution in [3.8, 4) is 0 Å². The molecule has 8 bridgehead atoms. The maximum Gasteiger partial charge on any atom is 0.458 e. The van der Waals surface area contributed by atoms with Gasteiger partial charge < -0.3 is 10.1 Å². The zero-order chi connectivity index (χ0) is 19.5. The molecule has 7 nitrogen and oxygen atoms in total. The van der Waals surface area contributed by atoms with Gasteiger partial charge in [-0.25, -0.2) is 4.79 Å². The van der Waals surface area contributed by atoms with Gasteiger partial charge in [0.05, 0.1) is 5.54 Å². The van der Waals surface area contributed by atoms with Gasteiger partial charge in [0.1, 0.15) is 5.54 Å². The summed E-state index contributed by atoms with van der Waals surface area (Å²) in [5, 5.41) is 12.1. The summed E-state index contributed by atoms with van der Waals surface area (Å²) >= 11 is 0. The molecule has 0 saturated heterocycles. The fraction of sp³-hybridized carbons (Fsp3) is 0.909. The molecule has 29 heavy (non-hydrogen) atoms. The Bertz CT molecular complexity index is 889. The van der Waals surface area contributed by atoms with Gasteiger partial charge in [-0.05, 0) is 122 Å². The van der Waals surface area contributed by atoms with Crippen LogP contribution in [0.15, 0.2) is 4.79 Å². The Morgan fingerprint density at radius 1 is 0.724 bits per heavy atom. The second-order valence-electron chi connectivity index (χ2n) is 11.9. The Hall–Kier alpha value is -1.66. The van der Waals surface area contributed by atoms with Crippen molar-refractivity contribution in [3.63, 3.8) is 0 Å². The van der Waals surface area contributed by atoms with E-state index >= 15 is 0 Å². The summed E-state index contributed by atoms with van der Waals surface area (Å²) in [7, 11) is 0. The highest BCUT2D eigenvalue weighted by molar-refractivity contribution is 5.17. The van der Waals surface area contributed by atoms with Crippen molar-refractivity contribution in [1.29, 1.82) is 0 Å². The zero-order valence-electron chi connectivity index (χ0n) is 17.0. The molecule has 0 aliphatic heterocycles. The van der Waals surface area contributed by atoms with Crippen LogP contribution in [-0.2, 0) is 11.1 Å². The Kier molecular flexibility index (Phi) is 3.14. The number of hydrogen-bond donors (Lipinski definition) is 0. The van der Waals surface area contributed by atoms with E-state index < -0.39 is 0 Å². The molecule has 0 amide bonds. The van der Waals surface area contributed by atoms with Crippen LogP contribution in [0, 0.1) is 45.6 Å². The highest BCUT2D eigenvalue weighted by Gasteiger charge is 2.61. The summed E-state index contributed by atoms with van der Waals surface area (Å²) in [6, 6.07) is 0. The highest BCUT2D eigenvalue weighted by Crippen LogP contribution is 2.62. The summed E-state index contributed by atoms with van der Waals surface area (Å²) in [5.41, 5.74) is -0.832. The molecule has 8 aliphatic carbocycles. The number of rotatable bonds is 3. The van der Waals surface area contributed by atoms with Crippen molar-refractivity contribution < 1.29 is 4.92 Å². The summed E-state index contributed by atoms with van der Waals surface area (Å²) < 4.78 is 3.80. The van der Waals surface area contributed by atoms with E-state index in [-0.39, 0.29) is 27.6 Å². The summed E-state index contributed by atoms with van der Waals surface area (Å²) in [4.78, 5) is 29.1. The minimum atomic E-state index is -0.378. The maximum absolute atomic E-state index is 13.3. The largest absolute Gasteiger partial charge is 0.458 e. The van der Waals surface area contributed by atoms with Crippen LogP contribution < -0.4 is 5.69 Å². The van der Waals surface area contributed by atoms with Crippen LogP contribution in [0.3, 0.4) is 0 Å². The van der Waals surface area contributed by atoms with Gasteiger partial charge in [0.2, 0.25) is 0 Å². The molecule has 0 spiro atoms. The molecule has 9 rings (SSSR count). The van der Waals surface area contributed by atoms with Crippen LogP contribution in [0.25, 0.3) is 0 Å². The van der Waals surface area contributed by atoms with Crippen LogP contribution in [0.2, 0.25) is 0 Å². The molecule has 1 aromatic heterocycles. The van der Waals surface area contributed by atoms with E-state index in [4.69, 9.17) is 0 Å². The normalized spacial score (nSPS) is 49.1. The molecule has 0 atom stereocenters. The van der Waals surface area contributed by atoms with E-state index in [2.05, 4.69) is 4.98 Å². The smallest absolute Gasteiger partial charge is 0.390 e. The lowest BCUT2D eigenvalue weighted by Gasteiger charge is -2.58. The van der Waals surface area contributed by atoms with Gasteiger partial charge in [0.25, 0.3) is 0 Å². The molecule has 156 valence electrons. The molecule has 0 unspecified atom stereocenters. The molecular formula is C22H30N4O3. The van der Waals surface area contributed by atoms with Crippen molar-refractivity contribution in [1.82, 2.24) is 14.3 Å². The summed E-state index contributed by atoms with van der Waals surface area (Å²) in [6.45, 7) is 0. The molecule has 1 heterocycles. The quantitative estimate of drug-likeness (QED) is 0.573. The minimum absolute atomic E-state index is 0.173. The van der Waals surface area contributed by atoms with Crippen molar-refractivity contribution in [2.45, 2.75) is 88.1 Å². The van der Waals surface area contributed by atoms with Crippen LogP contribution in [0.1, 0.15) is 77.0 Å². The molecule has 8 aliphatic rings. The van der Waals surface area contributed by atoms with Crippen molar-refractivity contribution >= 4 is 5.95 Å². The Morgan fingerprint density at radius 3 is 1.41 bits per heavy atom. The van der Waals surface area contributed by atoms with Gasteiger partial charge in [0.15, 0.2) is 0 Å². The standard InChI is InChI=1S/C22H30N4O3/c27-20-23-19(26(28)29)24(21-7-13-1-14(8-21)3-15(2-13)9-21)25(20)22-10-16-4-17(11-22)6-18(5-16)12-22/h13-18H,1-12H2. The van der Waals surface area contributed by atoms with Gasteiger partial charge >= 0.3 is 11.6 Å². The second-order valence-corrected chi connectivity index (χ2v) is 11.9. The van der Waals surface area contributed by atoms with Gasteiger partial charge in [-0.15, -0.1) is 4.68 Å². The number of aromatic nitrogens is 3. The first-order valence-corrected chi connectivity index (χ1v) is 11.8. The lowest BCUT2D eigenvalue weighted by Crippen LogP contribution is -2.60. The topological polar surface area (TPSA) is 83.0 Å². The van der Waals surface area contributed by atoms with Crippen LogP contribution in [0.5, 0.6) is 0 Å². The molecule has 7 heteroatoms. The average molecular weight is 399 g/mol. The predicted octanol–water partition coefficient (Wildman–Crippen LogP) is 3.80. The first kappa shape index (κ1) is 17.1. The molecule has 0 radical (unpaired) electrons. The predicted molar refractivity (Wildman–Crippen MR) is 105 cm³/mol. The third-order valence-corrected chi connectivity index (χ3v) is 9.84. The molecule has 8 saturated carbocycles. The fourth-order valence-electron chi connectivity index (χ4n) is 9.96. The van der Waals surface area contributed by atoms with Crippen LogP contribution >= 0.6 is 0 Å². The average Bonchev–Trinajstić information content (AvgIpc) is 2.99. The Morgan fingerprint density at radius 2 is 1.07 bits per heavy atom. The van der Waals surface area contributed by atoms with Crippen molar-refractivity contribution in [2.24, 2.45) is 35.5 Å². The van der Waals surface area contributed by atoms with E-state index in [1.54, 1.807) is 0 Å². The first-order valence-electron chi connectivity index (χ1n) is 11.8. The van der Waals surface area contributed by atoms with Gasteiger partial charge in [-0.3, -0.25) is 0 Å². The third kappa shape index (κ3) is 2.19. The minimum Gasteiger partial charge on any atom is -0.390 e. The number of hydrogen-bond acceptors (Lipinski definition) is 4. The second kappa shape index (κ2) is 5.33. The zero-order valence-corrected chi connectivity index (χ0v) is 17.0. The lowest BCUT2D eigenvalue weighted by molar-refractivity contribution is -0.400. The van der Waals surface area contributed by atoms with Crippen LogP contribution in [-0.4, -0.2) is 19.3 Å². The van der Waals surface area contributed by atoms with Crippen molar-refractivity contribution in [2.75, 3.05) is 0 Å². The van der Waals surface area contributed by atoms with E-state index in [9.17, 15) is 14.9 Å². The monoisotopic (exact) mass is 398 g/mol.